The van der Waals surface area contributed by atoms with E-state index in [1.54, 1.807) is 31.0 Å². The molecule has 6 nitrogen and oxygen atoms in total. The fourth-order valence-corrected chi connectivity index (χ4v) is 2.54. The van der Waals surface area contributed by atoms with Gasteiger partial charge in [-0.2, -0.15) is 5.10 Å². The van der Waals surface area contributed by atoms with E-state index in [1.165, 1.54) is 18.2 Å². The van der Waals surface area contributed by atoms with Gasteiger partial charge in [0.2, 0.25) is 0 Å². The number of carbonyl (C=O) groups excluding carboxylic acids is 1. The van der Waals surface area contributed by atoms with Gasteiger partial charge in [0.1, 0.15) is 17.2 Å². The molecule has 0 aliphatic carbocycles. The molecule has 0 unspecified atom stereocenters. The highest BCUT2D eigenvalue weighted by Gasteiger charge is 2.32. The first kappa shape index (κ1) is 15.5. The van der Waals surface area contributed by atoms with E-state index in [1.807, 2.05) is 0 Å². The number of ether oxygens (including phenoxy) is 1. The van der Waals surface area contributed by atoms with Crippen LogP contribution in [0.25, 0.3) is 0 Å². The fraction of sp³-hybridized carbons (Fsp3) is 0.375. The Morgan fingerprint density at radius 2 is 2.39 bits per heavy atom. The van der Waals surface area contributed by atoms with E-state index in [0.29, 0.717) is 23.3 Å². The highest BCUT2D eigenvalue weighted by molar-refractivity contribution is 5.82. The fourth-order valence-electron chi connectivity index (χ4n) is 2.54. The summed E-state index contributed by atoms with van der Waals surface area (Å²) in [7, 11) is 1.75. The topological polar surface area (TPSA) is 76.4 Å². The largest absolute Gasteiger partial charge is 0.480 e. The molecule has 1 aliphatic rings. The van der Waals surface area contributed by atoms with Crippen molar-refractivity contribution in [1.82, 2.24) is 15.1 Å². The maximum atomic E-state index is 13.2. The number of carbonyl (C=O) groups is 1. The van der Waals surface area contributed by atoms with Crippen LogP contribution in [0.15, 0.2) is 30.6 Å². The summed E-state index contributed by atoms with van der Waals surface area (Å²) < 4.78 is 20.3. The third-order valence-electron chi connectivity index (χ3n) is 3.92. The Balaban J connectivity index is 1.60. The van der Waals surface area contributed by atoms with Crippen molar-refractivity contribution >= 4 is 5.91 Å². The van der Waals surface area contributed by atoms with E-state index in [-0.39, 0.29) is 18.3 Å². The Kier molecular flexibility index (Phi) is 3.81. The van der Waals surface area contributed by atoms with E-state index in [2.05, 4.69) is 10.4 Å². The first-order valence-corrected chi connectivity index (χ1v) is 7.29. The molecular formula is C16H18FN3O3. The van der Waals surface area contributed by atoms with Crippen molar-refractivity contribution in [3.05, 3.63) is 47.5 Å². The second-order valence-electron chi connectivity index (χ2n) is 5.96. The number of fused-ring (bicyclic) bond motifs is 1. The maximum Gasteiger partial charge on any atom is 0.261 e. The first-order chi connectivity index (χ1) is 10.8. The molecule has 0 bridgehead atoms. The minimum atomic E-state index is -1.23. The zero-order valence-corrected chi connectivity index (χ0v) is 12.9. The quantitative estimate of drug-likeness (QED) is 0.877. The van der Waals surface area contributed by atoms with Gasteiger partial charge in [-0.1, -0.05) is 0 Å². The minimum Gasteiger partial charge on any atom is -0.480 e. The van der Waals surface area contributed by atoms with Crippen LogP contribution >= 0.6 is 0 Å². The monoisotopic (exact) mass is 319 g/mol. The molecule has 3 rings (SSSR count). The summed E-state index contributed by atoms with van der Waals surface area (Å²) in [5, 5.41) is 17.1. The van der Waals surface area contributed by atoms with E-state index in [0.717, 1.165) is 0 Å². The van der Waals surface area contributed by atoms with Crippen molar-refractivity contribution in [3.63, 3.8) is 0 Å². The number of hydrogen-bond donors (Lipinski definition) is 2. The summed E-state index contributed by atoms with van der Waals surface area (Å²) in [4.78, 5) is 12.2. The molecule has 2 aromatic rings. The average molecular weight is 319 g/mol. The average Bonchev–Trinajstić information content (AvgIpc) is 3.11. The highest BCUT2D eigenvalue weighted by atomic mass is 19.1. The van der Waals surface area contributed by atoms with Crippen molar-refractivity contribution < 1.29 is 19.0 Å². The third-order valence-corrected chi connectivity index (χ3v) is 3.92. The molecule has 122 valence electrons. The van der Waals surface area contributed by atoms with Crippen LogP contribution in [0, 0.1) is 5.82 Å². The van der Waals surface area contributed by atoms with Gasteiger partial charge in [0.05, 0.1) is 12.7 Å². The molecule has 23 heavy (non-hydrogen) atoms. The second kappa shape index (κ2) is 5.66. The van der Waals surface area contributed by atoms with Crippen LogP contribution in [-0.4, -0.2) is 33.4 Å². The lowest BCUT2D eigenvalue weighted by molar-refractivity contribution is -0.128. The lowest BCUT2D eigenvalue weighted by Crippen LogP contribution is -2.44. The molecule has 7 heteroatoms. The summed E-state index contributed by atoms with van der Waals surface area (Å²) in [6, 6.07) is 4.18. The van der Waals surface area contributed by atoms with Crippen molar-refractivity contribution in [1.29, 1.82) is 0 Å². The van der Waals surface area contributed by atoms with Crippen molar-refractivity contribution in [2.24, 2.45) is 7.05 Å². The number of halogens is 1. The van der Waals surface area contributed by atoms with E-state index >= 15 is 0 Å². The van der Waals surface area contributed by atoms with Crippen LogP contribution in [0.4, 0.5) is 4.39 Å². The molecular weight excluding hydrogens is 301 g/mol. The number of nitrogens with zero attached hydrogens (tertiary/aromatic N) is 2. The summed E-state index contributed by atoms with van der Waals surface area (Å²) in [5.41, 5.74) is 0.0451. The summed E-state index contributed by atoms with van der Waals surface area (Å²) in [6.07, 6.45) is 2.85. The molecule has 1 amide bonds. The van der Waals surface area contributed by atoms with Gasteiger partial charge < -0.3 is 15.2 Å². The normalized spacial score (nSPS) is 18.9. The van der Waals surface area contributed by atoms with Crippen LogP contribution in [-0.2, 0) is 23.9 Å². The molecule has 0 radical (unpaired) electrons. The highest BCUT2D eigenvalue weighted by Crippen LogP contribution is 2.29. The molecule has 0 saturated carbocycles. The van der Waals surface area contributed by atoms with Gasteiger partial charge in [0.15, 0.2) is 6.10 Å². The molecule has 0 fully saturated rings. The lowest BCUT2D eigenvalue weighted by atomic mass is 9.99. The van der Waals surface area contributed by atoms with Crippen LogP contribution in [0.3, 0.4) is 0 Å². The van der Waals surface area contributed by atoms with Crippen LogP contribution in [0.2, 0.25) is 0 Å². The smallest absolute Gasteiger partial charge is 0.261 e. The van der Waals surface area contributed by atoms with Gasteiger partial charge in [-0.25, -0.2) is 4.39 Å². The molecule has 2 atom stereocenters. The summed E-state index contributed by atoms with van der Waals surface area (Å²) >= 11 is 0. The number of aromatic nitrogens is 2. The third kappa shape index (κ3) is 3.19. The molecule has 0 saturated heterocycles. The van der Waals surface area contributed by atoms with Gasteiger partial charge in [-0.15, -0.1) is 0 Å². The minimum absolute atomic E-state index is 0.0299. The van der Waals surface area contributed by atoms with Crippen molar-refractivity contribution in [3.8, 4) is 5.75 Å². The van der Waals surface area contributed by atoms with Gasteiger partial charge in [0, 0.05) is 30.8 Å². The molecule has 1 aromatic heterocycles. The zero-order valence-electron chi connectivity index (χ0n) is 12.9. The molecule has 0 spiro atoms. The number of nitrogens with one attached hydrogen (secondary N) is 1. The Morgan fingerprint density at radius 1 is 1.61 bits per heavy atom. The second-order valence-corrected chi connectivity index (χ2v) is 5.96. The van der Waals surface area contributed by atoms with Crippen molar-refractivity contribution in [2.45, 2.75) is 25.0 Å². The number of hydrogen-bond acceptors (Lipinski definition) is 4. The van der Waals surface area contributed by atoms with E-state index in [4.69, 9.17) is 4.74 Å². The number of rotatable bonds is 4. The molecule has 2 heterocycles. The number of amides is 1. The van der Waals surface area contributed by atoms with Gasteiger partial charge in [-0.05, 0) is 25.1 Å². The Morgan fingerprint density at radius 3 is 3.09 bits per heavy atom. The van der Waals surface area contributed by atoms with E-state index in [9.17, 15) is 14.3 Å². The van der Waals surface area contributed by atoms with Gasteiger partial charge >= 0.3 is 0 Å². The summed E-state index contributed by atoms with van der Waals surface area (Å²) in [6.45, 7) is 1.63. The predicted octanol–water partition coefficient (Wildman–Crippen LogP) is 0.887. The zero-order chi connectivity index (χ0) is 16.6. The van der Waals surface area contributed by atoms with Crippen LogP contribution in [0.5, 0.6) is 5.75 Å². The lowest BCUT2D eigenvalue weighted by Gasteiger charge is -2.23. The Labute approximate surface area is 132 Å². The van der Waals surface area contributed by atoms with Crippen molar-refractivity contribution in [2.75, 3.05) is 6.54 Å². The summed E-state index contributed by atoms with van der Waals surface area (Å²) in [5.74, 6) is -0.177. The van der Waals surface area contributed by atoms with Crippen LogP contribution < -0.4 is 10.1 Å². The molecule has 2 N–H and O–H groups in total. The van der Waals surface area contributed by atoms with E-state index < -0.39 is 11.7 Å². The Bertz CT molecular complexity index is 742. The SMILES string of the molecule is Cn1cc([C@@](C)(O)CNC(=O)[C@@H]2Cc3cc(F)ccc3O2)cn1. The predicted molar refractivity (Wildman–Crippen MR) is 80.3 cm³/mol. The maximum absolute atomic E-state index is 13.2. The van der Waals surface area contributed by atoms with Gasteiger partial charge in [-0.3, -0.25) is 9.48 Å². The standard InChI is InChI=1S/C16H18FN3O3/c1-16(22,11-7-19-20(2)8-11)9-18-15(21)14-6-10-5-12(17)3-4-13(10)23-14/h3-5,7-8,14,22H,6,9H2,1-2H3,(H,18,21)/t14-,16-/m0/s1. The Hall–Kier alpha value is -2.41. The van der Waals surface area contributed by atoms with Crippen LogP contribution in [0.1, 0.15) is 18.1 Å². The molecule has 1 aliphatic heterocycles. The number of aryl methyl sites for hydroxylation is 1. The number of benzene rings is 1. The number of aliphatic hydroxyl groups is 1. The molecule has 1 aromatic carbocycles. The first-order valence-electron chi connectivity index (χ1n) is 7.29. The van der Waals surface area contributed by atoms with Gasteiger partial charge in [0.25, 0.3) is 5.91 Å².